The average molecular weight is 328 g/mol. The van der Waals surface area contributed by atoms with Crippen molar-refractivity contribution in [2.75, 3.05) is 0 Å². The van der Waals surface area contributed by atoms with Crippen LogP contribution in [0.5, 0.6) is 0 Å². The molecule has 1 unspecified atom stereocenters. The summed E-state index contributed by atoms with van der Waals surface area (Å²) in [5.74, 6) is 0. The second-order valence-electron chi connectivity index (χ2n) is 6.13. The van der Waals surface area contributed by atoms with E-state index in [0.29, 0.717) is 19.6 Å². The zero-order valence-electron chi connectivity index (χ0n) is 13.9. The monoisotopic (exact) mass is 328 g/mol. The summed E-state index contributed by atoms with van der Waals surface area (Å²) in [5, 5.41) is 9.89. The number of hydrogen-bond donors (Lipinski definition) is 1. The van der Waals surface area contributed by atoms with E-state index in [4.69, 9.17) is 14.2 Å². The number of hydrogen-bond acceptors (Lipinski definition) is 4. The molecule has 1 heterocycles. The Balaban J connectivity index is 1.61. The van der Waals surface area contributed by atoms with Gasteiger partial charge in [0, 0.05) is 6.42 Å². The van der Waals surface area contributed by atoms with E-state index in [1.165, 1.54) is 0 Å². The largest absolute Gasteiger partial charge is 0.371 e. The maximum atomic E-state index is 9.89. The summed E-state index contributed by atoms with van der Waals surface area (Å²) in [6.07, 6.45) is -1.03. The molecule has 2 aromatic carbocycles. The maximum Gasteiger partial charge on any atom is 0.157 e. The van der Waals surface area contributed by atoms with Crippen molar-refractivity contribution >= 4 is 0 Å². The summed E-state index contributed by atoms with van der Waals surface area (Å²) in [5.41, 5.74) is 2.21. The van der Waals surface area contributed by atoms with Crippen LogP contribution in [-0.2, 0) is 27.4 Å². The fraction of sp³-hybridized carbons (Fsp3) is 0.400. The molecule has 1 fully saturated rings. The second kappa shape index (κ2) is 8.40. The minimum atomic E-state index is -0.808. The molecule has 4 heteroatoms. The molecule has 0 spiro atoms. The number of aliphatic hydroxyl groups is 1. The summed E-state index contributed by atoms with van der Waals surface area (Å²) < 4.78 is 17.6. The Labute approximate surface area is 143 Å². The van der Waals surface area contributed by atoms with Gasteiger partial charge in [0.05, 0.1) is 25.4 Å². The third-order valence-electron chi connectivity index (χ3n) is 4.23. The smallest absolute Gasteiger partial charge is 0.157 e. The first-order chi connectivity index (χ1) is 11.7. The van der Waals surface area contributed by atoms with Crippen LogP contribution in [0.15, 0.2) is 60.7 Å². The van der Waals surface area contributed by atoms with Gasteiger partial charge in [-0.15, -0.1) is 0 Å². The van der Waals surface area contributed by atoms with Crippen molar-refractivity contribution in [2.24, 2.45) is 0 Å². The first kappa shape index (κ1) is 17.1. The van der Waals surface area contributed by atoms with Gasteiger partial charge in [-0.2, -0.15) is 0 Å². The minimum absolute atomic E-state index is 0.201. The highest BCUT2D eigenvalue weighted by atomic mass is 16.6. The van der Waals surface area contributed by atoms with Crippen molar-refractivity contribution in [3.63, 3.8) is 0 Å². The Hall–Kier alpha value is -1.72. The van der Waals surface area contributed by atoms with E-state index in [1.54, 1.807) is 0 Å². The lowest BCUT2D eigenvalue weighted by atomic mass is 10.0. The van der Waals surface area contributed by atoms with Gasteiger partial charge >= 0.3 is 0 Å². The lowest BCUT2D eigenvalue weighted by molar-refractivity contribution is -0.251. The van der Waals surface area contributed by atoms with Crippen molar-refractivity contribution in [2.45, 2.75) is 51.2 Å². The van der Waals surface area contributed by atoms with Crippen LogP contribution in [0, 0.1) is 0 Å². The van der Waals surface area contributed by atoms with Crippen LogP contribution in [0.3, 0.4) is 0 Å². The highest BCUT2D eigenvalue weighted by Crippen LogP contribution is 2.26. The lowest BCUT2D eigenvalue weighted by Gasteiger charge is -2.38. The Morgan fingerprint density at radius 1 is 0.917 bits per heavy atom. The molecular weight excluding hydrogens is 304 g/mol. The molecule has 0 radical (unpaired) electrons. The van der Waals surface area contributed by atoms with Crippen LogP contribution in [0.2, 0.25) is 0 Å². The number of ether oxygens (including phenoxy) is 3. The van der Waals surface area contributed by atoms with E-state index >= 15 is 0 Å². The molecule has 0 aromatic heterocycles. The highest BCUT2D eigenvalue weighted by molar-refractivity contribution is 5.14. The van der Waals surface area contributed by atoms with Gasteiger partial charge in [0.15, 0.2) is 6.29 Å². The van der Waals surface area contributed by atoms with Crippen molar-refractivity contribution in [3.05, 3.63) is 71.8 Å². The van der Waals surface area contributed by atoms with Gasteiger partial charge in [0.25, 0.3) is 0 Å². The Morgan fingerprint density at radius 2 is 1.46 bits per heavy atom. The summed E-state index contributed by atoms with van der Waals surface area (Å²) in [7, 11) is 0. The normalized spacial score (nSPS) is 27.1. The number of benzene rings is 2. The van der Waals surface area contributed by atoms with E-state index in [9.17, 15) is 5.11 Å². The zero-order valence-corrected chi connectivity index (χ0v) is 13.9. The predicted octanol–water partition coefficient (Wildman–Crippen LogP) is 3.28. The minimum Gasteiger partial charge on any atom is -0.371 e. The number of rotatable bonds is 6. The van der Waals surface area contributed by atoms with Gasteiger partial charge in [-0.25, -0.2) is 0 Å². The third kappa shape index (κ3) is 4.65. The summed E-state index contributed by atoms with van der Waals surface area (Å²) in [6, 6.07) is 20.0. The van der Waals surface area contributed by atoms with Gasteiger partial charge in [-0.05, 0) is 18.1 Å². The highest BCUT2D eigenvalue weighted by Gasteiger charge is 2.37. The quantitative estimate of drug-likeness (QED) is 0.884. The molecule has 24 heavy (non-hydrogen) atoms. The maximum absolute atomic E-state index is 9.89. The topological polar surface area (TPSA) is 47.9 Å². The Morgan fingerprint density at radius 3 is 2.04 bits per heavy atom. The molecule has 0 aliphatic carbocycles. The van der Waals surface area contributed by atoms with E-state index in [-0.39, 0.29) is 18.3 Å². The molecule has 1 saturated heterocycles. The van der Waals surface area contributed by atoms with E-state index < -0.39 is 6.29 Å². The Bertz CT molecular complexity index is 602. The van der Waals surface area contributed by atoms with Crippen LogP contribution in [-0.4, -0.2) is 29.7 Å². The molecule has 3 rings (SSSR count). The van der Waals surface area contributed by atoms with Crippen molar-refractivity contribution in [1.82, 2.24) is 0 Å². The van der Waals surface area contributed by atoms with Gasteiger partial charge in [0.1, 0.15) is 6.10 Å². The van der Waals surface area contributed by atoms with Gasteiger partial charge < -0.3 is 19.3 Å². The molecule has 1 aliphatic heterocycles. The molecule has 0 saturated carbocycles. The first-order valence-corrected chi connectivity index (χ1v) is 8.37. The predicted molar refractivity (Wildman–Crippen MR) is 91.2 cm³/mol. The standard InChI is InChI=1S/C20H24O4/c1-15-20(23-14-17-10-6-3-7-11-17)18(12-19(21)24-15)22-13-16-8-4-2-5-9-16/h2-11,15,18-21H,12-14H2,1H3/t15-,18-,19?,20-/m1/s1. The second-order valence-corrected chi connectivity index (χ2v) is 6.13. The van der Waals surface area contributed by atoms with Crippen molar-refractivity contribution in [1.29, 1.82) is 0 Å². The fourth-order valence-electron chi connectivity index (χ4n) is 2.97. The average Bonchev–Trinajstić information content (AvgIpc) is 2.61. The molecule has 4 nitrogen and oxygen atoms in total. The molecule has 0 bridgehead atoms. The summed E-state index contributed by atoms with van der Waals surface area (Å²) >= 11 is 0. The molecule has 1 aliphatic rings. The first-order valence-electron chi connectivity index (χ1n) is 8.37. The SMILES string of the molecule is C[C@H]1OC(O)C[C@@H](OCc2ccccc2)[C@@H]1OCc1ccccc1. The van der Waals surface area contributed by atoms with E-state index in [2.05, 4.69) is 0 Å². The lowest BCUT2D eigenvalue weighted by Crippen LogP contribution is -2.49. The third-order valence-corrected chi connectivity index (χ3v) is 4.23. The van der Waals surface area contributed by atoms with Crippen molar-refractivity contribution < 1.29 is 19.3 Å². The Kier molecular flexibility index (Phi) is 5.99. The van der Waals surface area contributed by atoms with E-state index in [1.807, 2.05) is 67.6 Å². The summed E-state index contributed by atoms with van der Waals surface area (Å²) in [4.78, 5) is 0. The molecule has 2 aromatic rings. The van der Waals surface area contributed by atoms with Crippen LogP contribution >= 0.6 is 0 Å². The van der Waals surface area contributed by atoms with Crippen LogP contribution < -0.4 is 0 Å². The van der Waals surface area contributed by atoms with Gasteiger partial charge in [-0.3, -0.25) is 0 Å². The van der Waals surface area contributed by atoms with Gasteiger partial charge in [-0.1, -0.05) is 60.7 Å². The molecule has 4 atom stereocenters. The van der Waals surface area contributed by atoms with Crippen LogP contribution in [0.4, 0.5) is 0 Å². The molecule has 0 amide bonds. The summed E-state index contributed by atoms with van der Waals surface area (Å²) in [6.45, 7) is 2.91. The fourth-order valence-corrected chi connectivity index (χ4v) is 2.97. The van der Waals surface area contributed by atoms with Gasteiger partial charge in [0.2, 0.25) is 0 Å². The van der Waals surface area contributed by atoms with E-state index in [0.717, 1.165) is 11.1 Å². The zero-order chi connectivity index (χ0) is 16.8. The van der Waals surface area contributed by atoms with Crippen molar-refractivity contribution in [3.8, 4) is 0 Å². The molecule has 128 valence electrons. The number of aliphatic hydroxyl groups excluding tert-OH is 1. The van der Waals surface area contributed by atoms with Crippen LogP contribution in [0.25, 0.3) is 0 Å². The molecule has 1 N–H and O–H groups in total. The molecular formula is C20H24O4. The van der Waals surface area contributed by atoms with Crippen LogP contribution in [0.1, 0.15) is 24.5 Å².